The Kier molecular flexibility index (Phi) is 4.78. The number of allylic oxidation sites excluding steroid dienone is 1. The number of benzene rings is 1. The molecule has 0 radical (unpaired) electrons. The minimum Gasteiger partial charge on any atom is -0.370 e. The van der Waals surface area contributed by atoms with Gasteiger partial charge in [-0.15, -0.1) is 0 Å². The molecule has 2 rings (SSSR count). The second-order valence-corrected chi connectivity index (χ2v) is 5.63. The second kappa shape index (κ2) is 6.42. The number of carbonyl (C=O) groups excluding carboxylic acids is 1. The largest absolute Gasteiger partial charge is 0.416 e. The van der Waals surface area contributed by atoms with Crippen LogP contribution in [-0.4, -0.2) is 19.0 Å². The summed E-state index contributed by atoms with van der Waals surface area (Å²) in [7, 11) is 0. The molecule has 1 aromatic carbocycles. The van der Waals surface area contributed by atoms with Crippen molar-refractivity contribution in [2.24, 2.45) is 0 Å². The van der Waals surface area contributed by atoms with Crippen LogP contribution in [0.1, 0.15) is 32.3 Å². The zero-order valence-electron chi connectivity index (χ0n) is 12.6. The van der Waals surface area contributed by atoms with Crippen LogP contribution in [0.15, 0.2) is 29.8 Å². The number of amides is 1. The maximum absolute atomic E-state index is 12.9. The van der Waals surface area contributed by atoms with Crippen LogP contribution in [0, 0.1) is 0 Å². The molecule has 0 aromatic heterocycles. The normalized spacial score (nSPS) is 14.9. The first-order valence-electron chi connectivity index (χ1n) is 7.19. The summed E-state index contributed by atoms with van der Waals surface area (Å²) in [4.78, 5) is 13.9. The molecule has 1 heterocycles. The number of anilines is 2. The number of nitrogens with one attached hydrogen (secondary N) is 1. The van der Waals surface area contributed by atoms with Gasteiger partial charge in [0.05, 0.1) is 16.9 Å². The Hall–Kier alpha value is -1.98. The first-order valence-corrected chi connectivity index (χ1v) is 7.19. The Morgan fingerprint density at radius 3 is 2.41 bits per heavy atom. The minimum atomic E-state index is -4.43. The minimum absolute atomic E-state index is 0.208. The Morgan fingerprint density at radius 2 is 1.86 bits per heavy atom. The van der Waals surface area contributed by atoms with Crippen molar-refractivity contribution >= 4 is 17.3 Å². The lowest BCUT2D eigenvalue weighted by atomic mass is 10.1. The van der Waals surface area contributed by atoms with Crippen LogP contribution in [0.3, 0.4) is 0 Å². The highest BCUT2D eigenvalue weighted by Gasteiger charge is 2.31. The van der Waals surface area contributed by atoms with E-state index in [1.807, 2.05) is 4.90 Å². The van der Waals surface area contributed by atoms with Crippen molar-refractivity contribution in [1.29, 1.82) is 0 Å². The zero-order chi connectivity index (χ0) is 16.3. The van der Waals surface area contributed by atoms with Gasteiger partial charge in [0.1, 0.15) is 0 Å². The standard InChI is InChI=1S/C16H19F3N2O/c1-11(2)9-15(22)20-13-10-12(16(17,18)19)5-6-14(13)21-7-3-4-8-21/h5-6,9-10H,3-4,7-8H2,1-2H3,(H,20,22). The first-order chi connectivity index (χ1) is 10.3. The third kappa shape index (κ3) is 4.02. The molecule has 0 spiro atoms. The quantitative estimate of drug-likeness (QED) is 0.848. The van der Waals surface area contributed by atoms with Gasteiger partial charge >= 0.3 is 6.18 Å². The molecule has 3 nitrogen and oxygen atoms in total. The molecule has 0 atom stereocenters. The van der Waals surface area contributed by atoms with Gasteiger partial charge in [-0.05, 0) is 44.9 Å². The van der Waals surface area contributed by atoms with Crippen LogP contribution in [0.25, 0.3) is 0 Å². The maximum atomic E-state index is 12.9. The second-order valence-electron chi connectivity index (χ2n) is 5.63. The zero-order valence-corrected chi connectivity index (χ0v) is 12.6. The van der Waals surface area contributed by atoms with Gasteiger partial charge in [-0.3, -0.25) is 4.79 Å². The van der Waals surface area contributed by atoms with Crippen molar-refractivity contribution in [3.8, 4) is 0 Å². The highest BCUT2D eigenvalue weighted by molar-refractivity contribution is 6.02. The van der Waals surface area contributed by atoms with E-state index in [0.717, 1.165) is 43.6 Å². The molecule has 6 heteroatoms. The number of hydrogen-bond donors (Lipinski definition) is 1. The van der Waals surface area contributed by atoms with Gasteiger partial charge in [0.15, 0.2) is 0 Å². The molecule has 22 heavy (non-hydrogen) atoms. The molecule has 0 aliphatic carbocycles. The number of nitrogens with zero attached hydrogens (tertiary/aromatic N) is 1. The van der Waals surface area contributed by atoms with E-state index in [0.29, 0.717) is 5.69 Å². The fourth-order valence-electron chi connectivity index (χ4n) is 2.48. The number of rotatable bonds is 3. The van der Waals surface area contributed by atoms with Gasteiger partial charge in [0.2, 0.25) is 5.91 Å². The van der Waals surface area contributed by atoms with Crippen LogP contribution in [0.2, 0.25) is 0 Å². The molecule has 0 saturated carbocycles. The summed E-state index contributed by atoms with van der Waals surface area (Å²) in [6.07, 6.45) is -1.06. The van der Waals surface area contributed by atoms with Crippen molar-refractivity contribution in [2.45, 2.75) is 32.9 Å². The van der Waals surface area contributed by atoms with Crippen molar-refractivity contribution < 1.29 is 18.0 Å². The van der Waals surface area contributed by atoms with Crippen LogP contribution in [0.5, 0.6) is 0 Å². The van der Waals surface area contributed by atoms with Gasteiger partial charge in [-0.1, -0.05) is 5.57 Å². The van der Waals surface area contributed by atoms with E-state index in [-0.39, 0.29) is 5.69 Å². The lowest BCUT2D eigenvalue weighted by Crippen LogP contribution is -2.21. The molecule has 120 valence electrons. The van der Waals surface area contributed by atoms with Crippen molar-refractivity contribution in [3.63, 3.8) is 0 Å². The first kappa shape index (κ1) is 16.4. The van der Waals surface area contributed by atoms with Crippen molar-refractivity contribution in [3.05, 3.63) is 35.4 Å². The lowest BCUT2D eigenvalue weighted by molar-refractivity contribution is -0.137. The van der Waals surface area contributed by atoms with E-state index in [1.54, 1.807) is 13.8 Å². The smallest absolute Gasteiger partial charge is 0.370 e. The highest BCUT2D eigenvalue weighted by Crippen LogP contribution is 2.36. The lowest BCUT2D eigenvalue weighted by Gasteiger charge is -2.22. The fourth-order valence-corrected chi connectivity index (χ4v) is 2.48. The number of hydrogen-bond acceptors (Lipinski definition) is 2. The molecule has 1 aromatic rings. The Labute approximate surface area is 127 Å². The molecule has 1 fully saturated rings. The maximum Gasteiger partial charge on any atom is 0.416 e. The molecule has 0 bridgehead atoms. The molecule has 1 N–H and O–H groups in total. The summed E-state index contributed by atoms with van der Waals surface area (Å²) in [6, 6.07) is 3.50. The predicted molar refractivity (Wildman–Crippen MR) is 81.0 cm³/mol. The third-order valence-electron chi connectivity index (χ3n) is 3.45. The van der Waals surface area contributed by atoms with Gasteiger partial charge in [0, 0.05) is 19.2 Å². The summed E-state index contributed by atoms with van der Waals surface area (Å²) < 4.78 is 38.7. The summed E-state index contributed by atoms with van der Waals surface area (Å²) in [6.45, 7) is 5.09. The summed E-state index contributed by atoms with van der Waals surface area (Å²) in [5.41, 5.74) is 0.871. The molecule has 0 unspecified atom stereocenters. The monoisotopic (exact) mass is 312 g/mol. The van der Waals surface area contributed by atoms with E-state index in [2.05, 4.69) is 5.32 Å². The molecule has 1 saturated heterocycles. The van der Waals surface area contributed by atoms with Crippen molar-refractivity contribution in [1.82, 2.24) is 0 Å². The summed E-state index contributed by atoms with van der Waals surface area (Å²) in [5, 5.41) is 2.57. The molecular formula is C16H19F3N2O. The number of alkyl halides is 3. The van der Waals surface area contributed by atoms with Gasteiger partial charge in [-0.25, -0.2) is 0 Å². The Bertz CT molecular complexity index is 584. The van der Waals surface area contributed by atoms with Crippen LogP contribution >= 0.6 is 0 Å². The fraction of sp³-hybridized carbons (Fsp3) is 0.438. The van der Waals surface area contributed by atoms with Crippen molar-refractivity contribution in [2.75, 3.05) is 23.3 Å². The average Bonchev–Trinajstić information content (AvgIpc) is 2.90. The average molecular weight is 312 g/mol. The van der Waals surface area contributed by atoms with E-state index < -0.39 is 17.6 Å². The number of halogens is 3. The number of carbonyl (C=O) groups is 1. The van der Waals surface area contributed by atoms with E-state index in [9.17, 15) is 18.0 Å². The Morgan fingerprint density at radius 1 is 1.23 bits per heavy atom. The molecular weight excluding hydrogens is 293 g/mol. The van der Waals surface area contributed by atoms with E-state index in [4.69, 9.17) is 0 Å². The van der Waals surface area contributed by atoms with Gasteiger partial charge < -0.3 is 10.2 Å². The third-order valence-corrected chi connectivity index (χ3v) is 3.45. The van der Waals surface area contributed by atoms with E-state index >= 15 is 0 Å². The summed E-state index contributed by atoms with van der Waals surface area (Å²) in [5.74, 6) is -0.417. The van der Waals surface area contributed by atoms with Crippen LogP contribution < -0.4 is 10.2 Å². The molecule has 1 aliphatic rings. The SMILES string of the molecule is CC(C)=CC(=O)Nc1cc(C(F)(F)F)ccc1N1CCCC1. The Balaban J connectivity index is 2.36. The van der Waals surface area contributed by atoms with Crippen LogP contribution in [0.4, 0.5) is 24.5 Å². The molecule has 1 amide bonds. The van der Waals surface area contributed by atoms with E-state index in [1.165, 1.54) is 12.1 Å². The van der Waals surface area contributed by atoms with Crippen LogP contribution in [-0.2, 0) is 11.0 Å². The van der Waals surface area contributed by atoms with Gasteiger partial charge in [0.25, 0.3) is 0 Å². The highest BCUT2D eigenvalue weighted by atomic mass is 19.4. The topological polar surface area (TPSA) is 32.3 Å². The predicted octanol–water partition coefficient (Wildman–Crippen LogP) is 4.21. The van der Waals surface area contributed by atoms with Gasteiger partial charge in [-0.2, -0.15) is 13.2 Å². The molecule has 1 aliphatic heterocycles. The summed E-state index contributed by atoms with van der Waals surface area (Å²) >= 11 is 0.